The van der Waals surface area contributed by atoms with Gasteiger partial charge in [0.15, 0.2) is 0 Å². The summed E-state index contributed by atoms with van der Waals surface area (Å²) in [7, 11) is -50.2. The fourth-order valence-electron chi connectivity index (χ4n) is 3.71. The van der Waals surface area contributed by atoms with Gasteiger partial charge in [0.25, 0.3) is 78.2 Å². The molecule has 0 saturated carbocycles. The molecule has 0 aromatic rings. The molecular formula is C28H58F4O41P10-10. The zero-order valence-corrected chi connectivity index (χ0v) is 51.7. The minimum Gasteiger partial charge on any atom is -0.756 e. The molecule has 41 nitrogen and oxygen atoms in total. The van der Waals surface area contributed by atoms with Crippen molar-refractivity contribution in [2.24, 2.45) is 23.7 Å². The van der Waals surface area contributed by atoms with Crippen LogP contribution in [0.1, 0.15) is 13.8 Å². The summed E-state index contributed by atoms with van der Waals surface area (Å²) in [4.78, 5) is 136. The molecule has 0 aliphatic rings. The van der Waals surface area contributed by atoms with Crippen LogP contribution in [0.5, 0.6) is 0 Å². The lowest BCUT2D eigenvalue weighted by Crippen LogP contribution is -2.22. The van der Waals surface area contributed by atoms with Gasteiger partial charge in [-0.25, -0.2) is 0 Å². The van der Waals surface area contributed by atoms with E-state index in [1.54, 1.807) is 0 Å². The Morgan fingerprint density at radius 3 is 0.602 bits per heavy atom. The van der Waals surface area contributed by atoms with E-state index in [2.05, 4.69) is 76.9 Å². The van der Waals surface area contributed by atoms with Gasteiger partial charge in [0.05, 0.1) is 146 Å². The van der Waals surface area contributed by atoms with E-state index in [-0.39, 0.29) is 13.2 Å². The molecule has 0 heterocycles. The third-order valence-electron chi connectivity index (χ3n) is 7.33. The summed E-state index contributed by atoms with van der Waals surface area (Å²) < 4.78 is 233. The first-order valence-electron chi connectivity index (χ1n) is 22.0. The number of rotatable bonds is 50. The highest BCUT2D eigenvalue weighted by Crippen LogP contribution is 2.45. The van der Waals surface area contributed by atoms with E-state index in [1.165, 1.54) is 13.8 Å². The SMILES string of the molecule is CCOP(=O)([O-])OCC(CF)COP(=O)([O-])O.CCOP(=O)([O-])OCC(CF)COP(=O)([O-])OCCOP(=O)([O-])OCCOP(=O)([O-])OCCOP(=O)([O-])OCCOP(=O)([O-])OCC(CF)COP(=O)([O-])O.O=P([O-])(O)OCC(CO)CF. The molecule has 0 amide bonds. The molecule has 0 saturated heterocycles. The topological polar surface area (TPSA) is 639 Å². The van der Waals surface area contributed by atoms with Crippen molar-refractivity contribution in [1.29, 1.82) is 0 Å². The summed E-state index contributed by atoms with van der Waals surface area (Å²) in [6.07, 6.45) is 0. The van der Waals surface area contributed by atoms with Crippen LogP contribution < -0.4 is 48.9 Å². The highest BCUT2D eigenvalue weighted by atomic mass is 31.2. The molecule has 0 aromatic carbocycles. The van der Waals surface area contributed by atoms with Crippen LogP contribution in [0.4, 0.5) is 17.6 Å². The van der Waals surface area contributed by atoms with Gasteiger partial charge in [0.1, 0.15) is 0 Å². The molecule has 4 N–H and O–H groups in total. The van der Waals surface area contributed by atoms with Crippen molar-refractivity contribution < 1.29 is 209 Å². The maximum absolute atomic E-state index is 13.0. The molecule has 0 bridgehead atoms. The predicted molar refractivity (Wildman–Crippen MR) is 240 cm³/mol. The summed E-state index contributed by atoms with van der Waals surface area (Å²) in [5, 5.41) is 8.33. The third kappa shape index (κ3) is 57.7. The lowest BCUT2D eigenvalue weighted by molar-refractivity contribution is -0.238. The quantitative estimate of drug-likeness (QED) is 0.0258. The molecular weight excluding hydrogens is 1380 g/mol. The average molecular weight is 1440 g/mol. The monoisotopic (exact) mass is 1440 g/mol. The molecule has 14 unspecified atom stereocenters. The number of alkyl halides is 4. The fourth-order valence-corrected chi connectivity index (χ4v) is 10.0. The molecule has 0 aliphatic carbocycles. The van der Waals surface area contributed by atoms with E-state index in [0.717, 1.165) is 0 Å². The summed E-state index contributed by atoms with van der Waals surface area (Å²) in [6, 6.07) is 0. The molecule has 83 heavy (non-hydrogen) atoms. The van der Waals surface area contributed by atoms with Gasteiger partial charge in [0, 0.05) is 23.7 Å². The van der Waals surface area contributed by atoms with Gasteiger partial charge >= 0.3 is 0 Å². The molecule has 0 fully saturated rings. The number of phosphoric ester groups is 10. The Morgan fingerprint density at radius 2 is 0.446 bits per heavy atom. The summed E-state index contributed by atoms with van der Waals surface area (Å²) >= 11 is 0. The smallest absolute Gasteiger partial charge is 0.268 e. The summed E-state index contributed by atoms with van der Waals surface area (Å²) in [5.74, 6) is -4.89. The molecule has 0 aromatic heterocycles. The first kappa shape index (κ1) is 88.0. The molecule has 0 radical (unpaired) electrons. The Hall–Kier alpha value is 0.780. The number of hydrogen-bond acceptors (Lipinski definition) is 38. The number of phosphoric acid groups is 10. The van der Waals surface area contributed by atoms with E-state index >= 15 is 0 Å². The molecule has 0 aliphatic heterocycles. The van der Waals surface area contributed by atoms with Gasteiger partial charge in [0.2, 0.25) is 0 Å². The van der Waals surface area contributed by atoms with Crippen molar-refractivity contribution in [2.75, 3.05) is 146 Å². The lowest BCUT2D eigenvalue weighted by atomic mass is 10.2. The maximum atomic E-state index is 13.0. The fraction of sp³-hybridized carbons (Fsp3) is 1.00. The van der Waals surface area contributed by atoms with Gasteiger partial charge in [-0.05, 0) is 13.8 Å². The van der Waals surface area contributed by atoms with E-state index in [4.69, 9.17) is 19.8 Å². The second-order valence-corrected chi connectivity index (χ2v) is 27.8. The van der Waals surface area contributed by atoms with Gasteiger partial charge in [-0.3, -0.25) is 63.2 Å². The number of aliphatic hydroxyl groups is 1. The lowest BCUT2D eigenvalue weighted by Gasteiger charge is -2.28. The largest absolute Gasteiger partial charge is 0.756 e. The van der Waals surface area contributed by atoms with Crippen LogP contribution in [-0.2, 0) is 123 Å². The highest BCUT2D eigenvalue weighted by Gasteiger charge is 2.22. The first-order valence-corrected chi connectivity index (χ1v) is 36.7. The van der Waals surface area contributed by atoms with Crippen LogP contribution in [0.3, 0.4) is 0 Å². The standard InChI is InChI=1S/C18H43F2O28P7.C6H15FO8P2.C4H10FO5P/c1-2-36-50(24,25)46-15-18(12-20)16-48-55(34,35)44-10-8-42-53(30,31)40-6-4-38-51(26,27)37-3-5-39-52(28,29)41-7-9-43-54(32,33)47-14-17(11-19)13-45-49(21,22)23;1-2-13-17(11,12)15-5-6(3-7)4-14-16(8,9)10;5-1-4(2-6)3-10-11(7,8)9/h17-18H,2-16H2,1H3,(H,24,25)(H,26,27)(H,28,29)(H,30,31)(H,32,33)(H,34,35)(H2,21,22,23);6H,2-5H2,1H3,(H,11,12)(H2,8,9,10);4,6H,1-3H2,(H2,7,8,9)/p-10. The number of halogens is 4. The van der Waals surface area contributed by atoms with Crippen molar-refractivity contribution >= 4 is 78.2 Å². The summed E-state index contributed by atoms with van der Waals surface area (Å²) in [5.41, 5.74) is 0. The Balaban J connectivity index is -0.00000185. The van der Waals surface area contributed by atoms with Crippen molar-refractivity contribution in [3.8, 4) is 0 Å². The van der Waals surface area contributed by atoms with Gasteiger partial charge in [-0.1, -0.05) is 0 Å². The van der Waals surface area contributed by atoms with Gasteiger partial charge in [-0.2, -0.15) is 0 Å². The third-order valence-corrected chi connectivity index (χ3v) is 15.8. The summed E-state index contributed by atoms with van der Waals surface area (Å²) in [6.45, 7) is -16.4. The van der Waals surface area contributed by atoms with E-state index in [9.17, 15) is 112 Å². The van der Waals surface area contributed by atoms with Crippen LogP contribution in [0, 0.1) is 23.7 Å². The molecule has 55 heteroatoms. The van der Waals surface area contributed by atoms with E-state index in [1.807, 2.05) is 0 Å². The van der Waals surface area contributed by atoms with Crippen LogP contribution in [-0.4, -0.2) is 165 Å². The highest BCUT2D eigenvalue weighted by molar-refractivity contribution is 7.48. The van der Waals surface area contributed by atoms with Gasteiger partial charge in [-0.15, -0.1) is 0 Å². The second-order valence-electron chi connectivity index (χ2n) is 14.4. The zero-order chi connectivity index (χ0) is 64.9. The molecule has 0 rings (SSSR count). The average Bonchev–Trinajstić information content (AvgIpc) is 3.35. The Kier molecular flexibility index (Phi) is 47.0. The first-order chi connectivity index (χ1) is 37.9. The maximum Gasteiger partial charge on any atom is 0.268 e. The van der Waals surface area contributed by atoms with Crippen molar-refractivity contribution in [3.63, 3.8) is 0 Å². The second kappa shape index (κ2) is 44.3. The van der Waals surface area contributed by atoms with E-state index in [0.29, 0.717) is 0 Å². The molecule has 0 spiro atoms. The van der Waals surface area contributed by atoms with E-state index < -0.39 is 234 Å². The zero-order valence-electron chi connectivity index (χ0n) is 42.7. The minimum atomic E-state index is -5.22. The number of hydrogen-bond donors (Lipinski definition) is 4. The van der Waals surface area contributed by atoms with Crippen molar-refractivity contribution in [2.45, 2.75) is 13.8 Å². The Morgan fingerprint density at radius 1 is 0.289 bits per heavy atom. The minimum absolute atomic E-state index is 0.135. The molecule has 14 atom stereocenters. The normalized spacial score (nSPS) is 20.8. The number of aliphatic hydroxyl groups excluding tert-OH is 1. The van der Waals surface area contributed by atoms with Crippen LogP contribution in [0.2, 0.25) is 0 Å². The van der Waals surface area contributed by atoms with Crippen LogP contribution >= 0.6 is 78.2 Å². The van der Waals surface area contributed by atoms with Crippen molar-refractivity contribution in [3.05, 3.63) is 0 Å². The Bertz CT molecular complexity index is 2240. The van der Waals surface area contributed by atoms with Gasteiger partial charge < -0.3 is 146 Å². The van der Waals surface area contributed by atoms with Crippen LogP contribution in [0.15, 0.2) is 0 Å². The van der Waals surface area contributed by atoms with Crippen LogP contribution in [0.25, 0.3) is 0 Å². The molecule has 504 valence electrons. The predicted octanol–water partition coefficient (Wildman–Crippen LogP) is -3.72. The van der Waals surface area contributed by atoms with Crippen molar-refractivity contribution in [1.82, 2.24) is 0 Å². The Labute approximate surface area is 469 Å².